The van der Waals surface area contributed by atoms with Crippen LogP contribution in [0.15, 0.2) is 40.5 Å². The van der Waals surface area contributed by atoms with Gasteiger partial charge in [0, 0.05) is 24.4 Å². The lowest BCUT2D eigenvalue weighted by Crippen LogP contribution is -2.42. The van der Waals surface area contributed by atoms with Gasteiger partial charge in [0.2, 0.25) is 5.91 Å². The van der Waals surface area contributed by atoms with E-state index in [2.05, 4.69) is 15.2 Å². The number of amidine groups is 1. The molecule has 1 aromatic rings. The second kappa shape index (κ2) is 9.25. The maximum Gasteiger partial charge on any atom is 0.338 e. The van der Waals surface area contributed by atoms with E-state index >= 15 is 0 Å². The number of carbonyl (C=O) groups excluding carboxylic acids is 2. The molecule has 0 aliphatic carbocycles. The molecule has 0 unspecified atom stereocenters. The number of nitrogens with one attached hydrogen (secondary N) is 1. The highest BCUT2D eigenvalue weighted by Crippen LogP contribution is 2.40. The summed E-state index contributed by atoms with van der Waals surface area (Å²) >= 11 is 1.73. The van der Waals surface area contributed by atoms with E-state index in [1.165, 1.54) is 0 Å². The zero-order chi connectivity index (χ0) is 21.9. The molecule has 162 valence electrons. The zero-order valence-corrected chi connectivity index (χ0v) is 19.3. The number of ether oxygens (including phenoxy) is 1. The molecule has 1 amide bonds. The fourth-order valence-corrected chi connectivity index (χ4v) is 4.74. The van der Waals surface area contributed by atoms with Crippen molar-refractivity contribution >= 4 is 34.5 Å². The summed E-state index contributed by atoms with van der Waals surface area (Å²) in [6.07, 6.45) is 1.49. The van der Waals surface area contributed by atoms with Crippen LogP contribution in [0.5, 0.6) is 0 Å². The van der Waals surface area contributed by atoms with Gasteiger partial charge < -0.3 is 15.0 Å². The number of carbonyl (C=O) groups is 2. The molecular formula is C23H31N3O3S. The number of aliphatic imine (C=N–C) groups is 1. The smallest absolute Gasteiger partial charge is 0.338 e. The second-order valence-corrected chi connectivity index (χ2v) is 9.88. The summed E-state index contributed by atoms with van der Waals surface area (Å²) in [5.74, 6) is 0.710. The van der Waals surface area contributed by atoms with Gasteiger partial charge in [-0.2, -0.15) is 0 Å². The molecule has 6 nitrogen and oxygen atoms in total. The predicted octanol–water partition coefficient (Wildman–Crippen LogP) is 4.75. The summed E-state index contributed by atoms with van der Waals surface area (Å²) in [6, 6.07) is 7.52. The Morgan fingerprint density at radius 1 is 1.27 bits per heavy atom. The Kier molecular flexibility index (Phi) is 6.91. The summed E-state index contributed by atoms with van der Waals surface area (Å²) in [6.45, 7) is 11.0. The first kappa shape index (κ1) is 22.4. The van der Waals surface area contributed by atoms with Crippen LogP contribution < -0.4 is 5.32 Å². The molecule has 2 heterocycles. The topological polar surface area (TPSA) is 71.0 Å². The van der Waals surface area contributed by atoms with E-state index in [9.17, 15) is 9.59 Å². The molecule has 1 N–H and O–H groups in total. The summed E-state index contributed by atoms with van der Waals surface area (Å²) in [5, 5.41) is 3.92. The summed E-state index contributed by atoms with van der Waals surface area (Å²) in [5.41, 5.74) is 2.98. The highest BCUT2D eigenvalue weighted by molar-refractivity contribution is 8.13. The average molecular weight is 430 g/mol. The second-order valence-electron chi connectivity index (χ2n) is 8.82. The van der Waals surface area contributed by atoms with Crippen LogP contribution >= 0.6 is 11.8 Å². The molecule has 3 rings (SSSR count). The van der Waals surface area contributed by atoms with Gasteiger partial charge in [0.05, 0.1) is 23.9 Å². The highest BCUT2D eigenvalue weighted by atomic mass is 32.2. The van der Waals surface area contributed by atoms with Crippen molar-refractivity contribution in [2.45, 2.75) is 53.5 Å². The SMILES string of the molecule is CCOC(=O)C1=C(C)N=C2SCCCN2[C@@H]1c1ccc(NC(=O)CC(C)(C)C)cc1. The standard InChI is InChI=1S/C23H31N3O3S/c1-6-29-21(28)19-15(2)24-22-26(12-7-13-30-22)20(19)16-8-10-17(11-9-16)25-18(27)14-23(3,4)5/h8-11,20H,6-7,12-14H2,1-5H3,(H,25,27)/t20-/m1/s1. The Balaban J connectivity index is 1.88. The number of fused-ring (bicyclic) bond motifs is 1. The van der Waals surface area contributed by atoms with Gasteiger partial charge in [0.25, 0.3) is 0 Å². The van der Waals surface area contributed by atoms with E-state index < -0.39 is 0 Å². The summed E-state index contributed by atoms with van der Waals surface area (Å²) < 4.78 is 5.35. The number of hydrogen-bond acceptors (Lipinski definition) is 6. The lowest BCUT2D eigenvalue weighted by atomic mass is 9.92. The van der Waals surface area contributed by atoms with Crippen molar-refractivity contribution in [1.82, 2.24) is 4.90 Å². The minimum absolute atomic E-state index is 0.00211. The Bertz CT molecular complexity index is 869. The fourth-order valence-electron chi connectivity index (χ4n) is 3.72. The highest BCUT2D eigenvalue weighted by Gasteiger charge is 2.37. The number of allylic oxidation sites excluding steroid dienone is 1. The van der Waals surface area contributed by atoms with Gasteiger partial charge in [-0.15, -0.1) is 0 Å². The van der Waals surface area contributed by atoms with Crippen LogP contribution in [0.2, 0.25) is 0 Å². The maximum absolute atomic E-state index is 12.8. The van der Waals surface area contributed by atoms with Crippen molar-refractivity contribution in [3.05, 3.63) is 41.1 Å². The number of esters is 1. The molecule has 7 heteroatoms. The Morgan fingerprint density at radius 2 is 1.97 bits per heavy atom. The molecule has 2 aliphatic rings. The molecule has 1 atom stereocenters. The number of rotatable bonds is 5. The third-order valence-corrected chi connectivity index (χ3v) is 6.03. The van der Waals surface area contributed by atoms with Crippen molar-refractivity contribution < 1.29 is 14.3 Å². The molecule has 0 aromatic heterocycles. The summed E-state index contributed by atoms with van der Waals surface area (Å²) in [4.78, 5) is 31.9. The van der Waals surface area contributed by atoms with Gasteiger partial charge in [0.15, 0.2) is 5.17 Å². The van der Waals surface area contributed by atoms with Crippen LogP contribution in [-0.4, -0.2) is 40.8 Å². The van der Waals surface area contributed by atoms with E-state index in [0.29, 0.717) is 24.3 Å². The predicted molar refractivity (Wildman–Crippen MR) is 122 cm³/mol. The van der Waals surface area contributed by atoms with Crippen molar-refractivity contribution in [1.29, 1.82) is 0 Å². The quantitative estimate of drug-likeness (QED) is 0.684. The molecule has 0 radical (unpaired) electrons. The fraction of sp³-hybridized carbons (Fsp3) is 0.522. The van der Waals surface area contributed by atoms with Crippen molar-refractivity contribution in [2.24, 2.45) is 10.4 Å². The lowest BCUT2D eigenvalue weighted by Gasteiger charge is -2.40. The van der Waals surface area contributed by atoms with Crippen LogP contribution in [0.25, 0.3) is 0 Å². The minimum atomic E-state index is -0.319. The largest absolute Gasteiger partial charge is 0.463 e. The number of thioether (sulfide) groups is 1. The van der Waals surface area contributed by atoms with Crippen molar-refractivity contribution in [3.8, 4) is 0 Å². The Hall–Kier alpha value is -2.28. The molecule has 1 aromatic carbocycles. The number of hydrogen-bond donors (Lipinski definition) is 1. The monoisotopic (exact) mass is 429 g/mol. The molecule has 30 heavy (non-hydrogen) atoms. The molecule has 1 fully saturated rings. The number of anilines is 1. The van der Waals surface area contributed by atoms with Crippen LogP contribution in [0.1, 0.15) is 59.1 Å². The van der Waals surface area contributed by atoms with Crippen molar-refractivity contribution in [2.75, 3.05) is 24.2 Å². The molecule has 1 saturated heterocycles. The third kappa shape index (κ3) is 5.25. The van der Waals surface area contributed by atoms with E-state index in [-0.39, 0.29) is 23.3 Å². The van der Waals surface area contributed by atoms with E-state index in [1.54, 1.807) is 11.8 Å². The van der Waals surface area contributed by atoms with Crippen LogP contribution in [0, 0.1) is 5.41 Å². The first-order valence-electron chi connectivity index (χ1n) is 10.5. The van der Waals surface area contributed by atoms with E-state index in [0.717, 1.165) is 35.1 Å². The molecular weight excluding hydrogens is 398 g/mol. The maximum atomic E-state index is 12.8. The minimum Gasteiger partial charge on any atom is -0.463 e. The van der Waals surface area contributed by atoms with E-state index in [1.807, 2.05) is 58.9 Å². The Labute approximate surface area is 183 Å². The van der Waals surface area contributed by atoms with Gasteiger partial charge in [0.1, 0.15) is 0 Å². The zero-order valence-electron chi connectivity index (χ0n) is 18.4. The molecule has 0 bridgehead atoms. The first-order valence-corrected chi connectivity index (χ1v) is 11.4. The number of benzene rings is 1. The van der Waals surface area contributed by atoms with Gasteiger partial charge in [-0.25, -0.2) is 9.79 Å². The average Bonchev–Trinajstić information content (AvgIpc) is 2.66. The third-order valence-electron chi connectivity index (χ3n) is 4.95. The number of amides is 1. The van der Waals surface area contributed by atoms with Gasteiger partial charge in [-0.05, 0) is 43.4 Å². The number of nitrogens with zero attached hydrogens (tertiary/aromatic N) is 2. The lowest BCUT2D eigenvalue weighted by molar-refractivity contribution is -0.139. The van der Waals surface area contributed by atoms with Gasteiger partial charge in [-0.3, -0.25) is 4.79 Å². The Morgan fingerprint density at radius 3 is 2.60 bits per heavy atom. The van der Waals surface area contributed by atoms with Crippen LogP contribution in [-0.2, 0) is 14.3 Å². The molecule has 0 spiro atoms. The molecule has 0 saturated carbocycles. The van der Waals surface area contributed by atoms with Gasteiger partial charge >= 0.3 is 5.97 Å². The van der Waals surface area contributed by atoms with Crippen LogP contribution in [0.3, 0.4) is 0 Å². The van der Waals surface area contributed by atoms with E-state index in [4.69, 9.17) is 4.74 Å². The van der Waals surface area contributed by atoms with Crippen LogP contribution in [0.4, 0.5) is 5.69 Å². The van der Waals surface area contributed by atoms with Crippen molar-refractivity contribution in [3.63, 3.8) is 0 Å². The van der Waals surface area contributed by atoms with Gasteiger partial charge in [-0.1, -0.05) is 44.7 Å². The normalized spacial score (nSPS) is 19.2. The first-order chi connectivity index (χ1) is 14.2. The summed E-state index contributed by atoms with van der Waals surface area (Å²) in [7, 11) is 0. The molecule has 2 aliphatic heterocycles.